The van der Waals surface area contributed by atoms with Crippen molar-refractivity contribution >= 4 is 92.2 Å². The molecule has 258 valence electrons. The summed E-state index contributed by atoms with van der Waals surface area (Å²) in [6.07, 6.45) is 0. The quantitative estimate of drug-likeness (QED) is 0.167. The molecule has 0 saturated carbocycles. The Labute approximate surface area is 321 Å². The molecule has 0 aliphatic rings. The minimum atomic E-state index is 0.906. The molecule has 13 rings (SSSR count). The number of benzene rings is 9. The van der Waals surface area contributed by atoms with E-state index in [9.17, 15) is 0 Å². The smallest absolute Gasteiger partial charge is 0.138 e. The van der Waals surface area contributed by atoms with Crippen molar-refractivity contribution in [3.8, 4) is 28.2 Å². The van der Waals surface area contributed by atoms with Crippen molar-refractivity contribution in [1.82, 2.24) is 14.0 Å². The van der Waals surface area contributed by atoms with Gasteiger partial charge >= 0.3 is 0 Å². The van der Waals surface area contributed by atoms with Crippen molar-refractivity contribution in [3.63, 3.8) is 0 Å². The minimum absolute atomic E-state index is 0.906. The lowest BCUT2D eigenvalue weighted by atomic mass is 9.93. The molecule has 4 heterocycles. The van der Waals surface area contributed by atoms with E-state index in [2.05, 4.69) is 197 Å². The van der Waals surface area contributed by atoms with Gasteiger partial charge in [-0.25, -0.2) is 4.98 Å². The van der Waals surface area contributed by atoms with Crippen LogP contribution < -0.4 is 0 Å². The molecule has 4 aromatic heterocycles. The van der Waals surface area contributed by atoms with Crippen LogP contribution in [0, 0.1) is 0 Å². The molecule has 0 atom stereocenters. The maximum absolute atomic E-state index is 5.37. The van der Waals surface area contributed by atoms with E-state index < -0.39 is 0 Å². The Morgan fingerprint density at radius 1 is 0.286 bits per heavy atom. The van der Waals surface area contributed by atoms with Crippen LogP contribution in [0.4, 0.5) is 0 Å². The van der Waals surface area contributed by atoms with Crippen LogP contribution in [-0.4, -0.2) is 14.0 Å². The van der Waals surface area contributed by atoms with E-state index in [-0.39, 0.29) is 0 Å². The summed E-state index contributed by atoms with van der Waals surface area (Å²) in [7, 11) is 0. The van der Waals surface area contributed by atoms with Gasteiger partial charge in [0.05, 0.1) is 33.3 Å². The molecule has 9 aromatic carbocycles. The summed E-state index contributed by atoms with van der Waals surface area (Å²) in [5.41, 5.74) is 10.6. The Bertz CT molecular complexity index is 3730. The summed E-state index contributed by atoms with van der Waals surface area (Å²) < 4.78 is 4.78. The SMILES string of the molecule is c1cc(-c2ccc3c4ccccc4c4ccccc4c3c2)nc(-n2c3ccccc3c3cc(-c4ccc5c6cccc7c8ccccc8n(c5c4)c76)ccc32)c1. The number of pyridine rings is 1. The zero-order chi connectivity index (χ0) is 36.5. The zero-order valence-corrected chi connectivity index (χ0v) is 30.2. The number of rotatable bonds is 3. The van der Waals surface area contributed by atoms with Crippen LogP contribution >= 0.6 is 0 Å². The summed E-state index contributed by atoms with van der Waals surface area (Å²) in [5.74, 6) is 0.906. The number of nitrogens with zero attached hydrogens (tertiary/aromatic N) is 3. The number of para-hydroxylation sites is 3. The van der Waals surface area contributed by atoms with Gasteiger partial charge in [0.2, 0.25) is 0 Å². The second kappa shape index (κ2) is 11.0. The van der Waals surface area contributed by atoms with E-state index in [1.54, 1.807) is 0 Å². The van der Waals surface area contributed by atoms with Gasteiger partial charge in [0.25, 0.3) is 0 Å². The number of hydrogen-bond donors (Lipinski definition) is 0. The fourth-order valence-corrected chi connectivity index (χ4v) is 9.78. The van der Waals surface area contributed by atoms with Crippen LogP contribution in [-0.2, 0) is 0 Å². The van der Waals surface area contributed by atoms with Crippen molar-refractivity contribution < 1.29 is 0 Å². The maximum Gasteiger partial charge on any atom is 0.138 e. The van der Waals surface area contributed by atoms with Gasteiger partial charge in [-0.3, -0.25) is 4.57 Å². The molecule has 13 aromatic rings. The molecule has 0 unspecified atom stereocenters. The van der Waals surface area contributed by atoms with Gasteiger partial charge < -0.3 is 4.40 Å². The first-order chi connectivity index (χ1) is 27.8. The zero-order valence-electron chi connectivity index (χ0n) is 30.2. The van der Waals surface area contributed by atoms with Crippen molar-refractivity contribution in [2.45, 2.75) is 0 Å². The largest absolute Gasteiger partial charge is 0.308 e. The monoisotopic (exact) mass is 709 g/mol. The Hall–Kier alpha value is -7.49. The van der Waals surface area contributed by atoms with E-state index in [1.165, 1.54) is 92.3 Å². The third-order valence-corrected chi connectivity index (χ3v) is 12.2. The van der Waals surface area contributed by atoms with E-state index >= 15 is 0 Å². The molecule has 56 heavy (non-hydrogen) atoms. The average molecular weight is 710 g/mol. The molecular weight excluding hydrogens is 679 g/mol. The average Bonchev–Trinajstić information content (AvgIpc) is 3.91. The number of fused-ring (bicyclic) bond motifs is 15. The lowest BCUT2D eigenvalue weighted by molar-refractivity contribution is 1.08. The molecule has 0 saturated heterocycles. The van der Waals surface area contributed by atoms with Crippen molar-refractivity contribution in [2.75, 3.05) is 0 Å². The second-order valence-electron chi connectivity index (χ2n) is 15.1. The lowest BCUT2D eigenvalue weighted by Crippen LogP contribution is -1.98. The van der Waals surface area contributed by atoms with Gasteiger partial charge in [-0.05, 0) is 92.0 Å². The summed E-state index contributed by atoms with van der Waals surface area (Å²) in [6, 6.07) is 68.8. The second-order valence-corrected chi connectivity index (χ2v) is 15.1. The Kier molecular flexibility index (Phi) is 5.89. The summed E-state index contributed by atoms with van der Waals surface area (Å²) in [6.45, 7) is 0. The number of aromatic nitrogens is 3. The maximum atomic E-state index is 5.37. The molecule has 0 bridgehead atoms. The fraction of sp³-hybridized carbons (Fsp3) is 0. The molecule has 0 amide bonds. The van der Waals surface area contributed by atoms with Crippen LogP contribution in [0.25, 0.3) is 120 Å². The van der Waals surface area contributed by atoms with Gasteiger partial charge in [0, 0.05) is 37.9 Å². The summed E-state index contributed by atoms with van der Waals surface area (Å²) >= 11 is 0. The highest BCUT2D eigenvalue weighted by molar-refractivity contribution is 6.26. The highest BCUT2D eigenvalue weighted by atomic mass is 15.1. The topological polar surface area (TPSA) is 22.2 Å². The van der Waals surface area contributed by atoms with Crippen LogP contribution in [0.15, 0.2) is 188 Å². The van der Waals surface area contributed by atoms with E-state index in [0.717, 1.165) is 28.1 Å². The predicted molar refractivity (Wildman–Crippen MR) is 237 cm³/mol. The van der Waals surface area contributed by atoms with Gasteiger partial charge in [0.1, 0.15) is 5.82 Å². The molecule has 0 fully saturated rings. The third kappa shape index (κ3) is 3.98. The van der Waals surface area contributed by atoms with Crippen molar-refractivity contribution in [1.29, 1.82) is 0 Å². The van der Waals surface area contributed by atoms with Gasteiger partial charge in [0.15, 0.2) is 0 Å². The first-order valence-electron chi connectivity index (χ1n) is 19.3. The molecule has 3 nitrogen and oxygen atoms in total. The van der Waals surface area contributed by atoms with Crippen LogP contribution in [0.3, 0.4) is 0 Å². The van der Waals surface area contributed by atoms with E-state index in [4.69, 9.17) is 4.98 Å². The molecule has 0 aliphatic carbocycles. The van der Waals surface area contributed by atoms with Crippen molar-refractivity contribution in [3.05, 3.63) is 188 Å². The summed E-state index contributed by atoms with van der Waals surface area (Å²) in [4.78, 5) is 5.37. The van der Waals surface area contributed by atoms with Crippen molar-refractivity contribution in [2.24, 2.45) is 0 Å². The lowest BCUT2D eigenvalue weighted by Gasteiger charge is -2.13. The van der Waals surface area contributed by atoms with Crippen LogP contribution in [0.5, 0.6) is 0 Å². The fourth-order valence-electron chi connectivity index (χ4n) is 9.78. The predicted octanol–water partition coefficient (Wildman–Crippen LogP) is 14.1. The third-order valence-electron chi connectivity index (χ3n) is 12.2. The Balaban J connectivity index is 0.974. The van der Waals surface area contributed by atoms with E-state index in [1.807, 2.05) is 0 Å². The normalized spacial score (nSPS) is 12.3. The first kappa shape index (κ1) is 29.9. The summed E-state index contributed by atoms with van der Waals surface area (Å²) in [5, 5.41) is 15.3. The minimum Gasteiger partial charge on any atom is -0.308 e. The Morgan fingerprint density at radius 2 is 0.768 bits per heavy atom. The van der Waals surface area contributed by atoms with Gasteiger partial charge in [-0.2, -0.15) is 0 Å². The molecule has 0 spiro atoms. The molecule has 3 heteroatoms. The molecule has 0 radical (unpaired) electrons. The van der Waals surface area contributed by atoms with Gasteiger partial charge in [-0.15, -0.1) is 0 Å². The highest BCUT2D eigenvalue weighted by Crippen LogP contribution is 2.42. The molecular formula is C53H31N3. The van der Waals surface area contributed by atoms with Crippen LogP contribution in [0.1, 0.15) is 0 Å². The number of hydrogen-bond acceptors (Lipinski definition) is 1. The standard InChI is InChI=1S/C53H31N3/c1-2-13-37-35(11-1)36-12-3-4-14-38(36)45-30-34(24-26-39(37)45)47-19-10-22-52(54-47)55-48-20-7-6-16-41(48)46-29-32(25-28-50(46)55)33-23-27-42-44-18-9-17-43-40-15-5-8-21-49(40)56(53(43)44)51(42)31-33/h1-31H. The first-order valence-corrected chi connectivity index (χ1v) is 19.3. The highest BCUT2D eigenvalue weighted by Gasteiger charge is 2.19. The Morgan fingerprint density at radius 3 is 1.52 bits per heavy atom. The van der Waals surface area contributed by atoms with Gasteiger partial charge in [-0.1, -0.05) is 140 Å². The van der Waals surface area contributed by atoms with Crippen LogP contribution in [0.2, 0.25) is 0 Å². The van der Waals surface area contributed by atoms with E-state index in [0.29, 0.717) is 0 Å². The molecule has 0 N–H and O–H groups in total. The molecule has 0 aliphatic heterocycles.